The van der Waals surface area contributed by atoms with Gasteiger partial charge in [0.05, 0.1) is 6.04 Å². The van der Waals surface area contributed by atoms with E-state index in [4.69, 9.17) is 9.47 Å². The van der Waals surface area contributed by atoms with E-state index < -0.39 is 0 Å². The first-order valence-electron chi connectivity index (χ1n) is 9.94. The van der Waals surface area contributed by atoms with Gasteiger partial charge in [0.15, 0.2) is 0 Å². The summed E-state index contributed by atoms with van der Waals surface area (Å²) in [6, 6.07) is 27.9. The molecule has 29 heavy (non-hydrogen) atoms. The molecule has 1 amide bonds. The van der Waals surface area contributed by atoms with Gasteiger partial charge in [0, 0.05) is 6.54 Å². The van der Waals surface area contributed by atoms with Crippen LogP contribution < -0.4 is 4.74 Å². The molecule has 4 nitrogen and oxygen atoms in total. The second-order valence-electron chi connectivity index (χ2n) is 7.40. The van der Waals surface area contributed by atoms with E-state index in [2.05, 4.69) is 12.1 Å². The zero-order valence-electron chi connectivity index (χ0n) is 16.7. The Kier molecular flexibility index (Phi) is 5.52. The third kappa shape index (κ3) is 4.27. The maximum absolute atomic E-state index is 12.4. The topological polar surface area (TPSA) is 38.8 Å². The lowest BCUT2D eigenvalue weighted by molar-refractivity contribution is 0.130. The van der Waals surface area contributed by atoms with E-state index in [1.165, 1.54) is 0 Å². The van der Waals surface area contributed by atoms with Crippen LogP contribution in [-0.2, 0) is 11.3 Å². The molecule has 0 N–H and O–H groups in total. The summed E-state index contributed by atoms with van der Waals surface area (Å²) in [6.45, 7) is 4.58. The quantitative estimate of drug-likeness (QED) is 0.528. The Hall–Kier alpha value is -3.27. The lowest BCUT2D eigenvalue weighted by Crippen LogP contribution is -2.31. The Morgan fingerprint density at radius 3 is 2.21 bits per heavy atom. The molecule has 0 bridgehead atoms. The first kappa shape index (κ1) is 19.1. The predicted molar refractivity (Wildman–Crippen MR) is 113 cm³/mol. The smallest absolute Gasteiger partial charge is 0.411 e. The molecule has 1 unspecified atom stereocenters. The van der Waals surface area contributed by atoms with Crippen LogP contribution in [0.15, 0.2) is 84.9 Å². The van der Waals surface area contributed by atoms with Gasteiger partial charge in [-0.3, -0.25) is 4.90 Å². The van der Waals surface area contributed by atoms with Gasteiger partial charge in [-0.1, -0.05) is 72.8 Å². The number of rotatable bonds is 6. The number of benzene rings is 3. The Morgan fingerprint density at radius 1 is 0.931 bits per heavy atom. The monoisotopic (exact) mass is 387 g/mol. The van der Waals surface area contributed by atoms with Gasteiger partial charge in [0.2, 0.25) is 0 Å². The van der Waals surface area contributed by atoms with E-state index in [1.807, 2.05) is 86.6 Å². The fourth-order valence-electron chi connectivity index (χ4n) is 3.67. The molecule has 1 saturated heterocycles. The Morgan fingerprint density at radius 2 is 1.55 bits per heavy atom. The highest BCUT2D eigenvalue weighted by atomic mass is 16.6. The van der Waals surface area contributed by atoms with Crippen molar-refractivity contribution in [3.63, 3.8) is 0 Å². The average Bonchev–Trinajstić information content (AvgIpc) is 3.04. The van der Waals surface area contributed by atoms with E-state index in [0.29, 0.717) is 6.54 Å². The number of hydrogen-bond acceptors (Lipinski definition) is 3. The highest BCUT2D eigenvalue weighted by Crippen LogP contribution is 2.33. The van der Waals surface area contributed by atoms with Gasteiger partial charge < -0.3 is 9.47 Å². The third-order valence-corrected chi connectivity index (χ3v) is 5.38. The number of ether oxygens (including phenoxy) is 2. The molecule has 4 heteroatoms. The molecule has 1 heterocycles. The second kappa shape index (κ2) is 8.39. The molecule has 3 aromatic carbocycles. The van der Waals surface area contributed by atoms with Gasteiger partial charge >= 0.3 is 6.09 Å². The maximum atomic E-state index is 12.4. The number of cyclic esters (lactones) is 1. The van der Waals surface area contributed by atoms with Crippen molar-refractivity contribution in [2.75, 3.05) is 0 Å². The summed E-state index contributed by atoms with van der Waals surface area (Å²) >= 11 is 0. The minimum absolute atomic E-state index is 0.0257. The van der Waals surface area contributed by atoms with Gasteiger partial charge in [-0.25, -0.2) is 4.79 Å². The summed E-state index contributed by atoms with van der Waals surface area (Å²) in [4.78, 5) is 14.2. The molecule has 3 atom stereocenters. The van der Waals surface area contributed by atoms with Gasteiger partial charge in [-0.05, 0) is 42.7 Å². The molecule has 0 aliphatic carbocycles. The molecular formula is C25H25NO3. The van der Waals surface area contributed by atoms with Gasteiger partial charge in [-0.15, -0.1) is 0 Å². The third-order valence-electron chi connectivity index (χ3n) is 5.38. The fourth-order valence-corrected chi connectivity index (χ4v) is 3.67. The summed E-state index contributed by atoms with van der Waals surface area (Å²) in [6.07, 6.45) is -0.537. The summed E-state index contributed by atoms with van der Waals surface area (Å²) in [5.41, 5.74) is 3.20. The van der Waals surface area contributed by atoms with Crippen molar-refractivity contribution in [2.24, 2.45) is 0 Å². The van der Waals surface area contributed by atoms with Crippen molar-refractivity contribution in [1.82, 2.24) is 4.90 Å². The lowest BCUT2D eigenvalue weighted by atomic mass is 10.0. The molecule has 0 radical (unpaired) electrons. The van der Waals surface area contributed by atoms with E-state index in [9.17, 15) is 4.79 Å². The summed E-state index contributed by atoms with van der Waals surface area (Å²) in [7, 11) is 0. The molecule has 3 aromatic rings. The number of amides is 1. The SMILES string of the molecule is CC(Oc1ccc(CN2C(=O)O[C@H](c3ccccc3)[C@@H]2C)cc1)c1ccccc1. The van der Waals surface area contributed by atoms with E-state index in [-0.39, 0.29) is 24.3 Å². The molecule has 0 aromatic heterocycles. The van der Waals surface area contributed by atoms with Gasteiger partial charge in [0.25, 0.3) is 0 Å². The van der Waals surface area contributed by atoms with Crippen molar-refractivity contribution in [1.29, 1.82) is 0 Å². The number of hydrogen-bond donors (Lipinski definition) is 0. The van der Waals surface area contributed by atoms with Gasteiger partial charge in [-0.2, -0.15) is 0 Å². The van der Waals surface area contributed by atoms with Crippen LogP contribution in [0.3, 0.4) is 0 Å². The highest BCUT2D eigenvalue weighted by molar-refractivity contribution is 5.71. The molecule has 0 saturated carbocycles. The molecule has 4 rings (SSSR count). The molecular weight excluding hydrogens is 362 g/mol. The van der Waals surface area contributed by atoms with Crippen LogP contribution in [0.25, 0.3) is 0 Å². The van der Waals surface area contributed by atoms with E-state index in [1.54, 1.807) is 4.90 Å². The number of carbonyl (C=O) groups is 1. The first-order chi connectivity index (χ1) is 14.1. The zero-order valence-corrected chi connectivity index (χ0v) is 16.7. The van der Waals surface area contributed by atoms with E-state index in [0.717, 1.165) is 22.4 Å². The summed E-state index contributed by atoms with van der Waals surface area (Å²) in [5.74, 6) is 0.810. The van der Waals surface area contributed by atoms with Crippen LogP contribution in [0, 0.1) is 0 Å². The van der Waals surface area contributed by atoms with Gasteiger partial charge in [0.1, 0.15) is 18.0 Å². The number of carbonyl (C=O) groups excluding carboxylic acids is 1. The van der Waals surface area contributed by atoms with Crippen LogP contribution in [-0.4, -0.2) is 17.0 Å². The predicted octanol–water partition coefficient (Wildman–Crippen LogP) is 5.91. The zero-order chi connectivity index (χ0) is 20.2. The summed E-state index contributed by atoms with van der Waals surface area (Å²) < 4.78 is 11.7. The van der Waals surface area contributed by atoms with Crippen LogP contribution in [0.1, 0.15) is 42.7 Å². The highest BCUT2D eigenvalue weighted by Gasteiger charge is 2.39. The van der Waals surface area contributed by atoms with Crippen LogP contribution in [0.5, 0.6) is 5.75 Å². The van der Waals surface area contributed by atoms with Crippen LogP contribution in [0.2, 0.25) is 0 Å². The minimum atomic E-state index is -0.274. The average molecular weight is 387 g/mol. The van der Waals surface area contributed by atoms with Crippen LogP contribution >= 0.6 is 0 Å². The Balaban J connectivity index is 1.40. The normalized spacial score (nSPS) is 19.7. The molecule has 1 fully saturated rings. The molecule has 1 aliphatic heterocycles. The van der Waals surface area contributed by atoms with Crippen molar-refractivity contribution >= 4 is 6.09 Å². The molecule has 148 valence electrons. The van der Waals surface area contributed by atoms with Crippen LogP contribution in [0.4, 0.5) is 4.79 Å². The van der Waals surface area contributed by atoms with Crippen molar-refractivity contribution in [3.05, 3.63) is 102 Å². The lowest BCUT2D eigenvalue weighted by Gasteiger charge is -2.21. The molecule has 0 spiro atoms. The minimum Gasteiger partial charge on any atom is -0.486 e. The largest absolute Gasteiger partial charge is 0.486 e. The Bertz CT molecular complexity index is 941. The van der Waals surface area contributed by atoms with Crippen molar-refractivity contribution in [3.8, 4) is 5.75 Å². The van der Waals surface area contributed by atoms with E-state index >= 15 is 0 Å². The van der Waals surface area contributed by atoms with Crippen molar-refractivity contribution in [2.45, 2.75) is 38.6 Å². The second-order valence-corrected chi connectivity index (χ2v) is 7.40. The number of nitrogens with zero attached hydrogens (tertiary/aromatic N) is 1. The standard InChI is InChI=1S/C25H25NO3/c1-18-24(22-11-7-4-8-12-22)29-25(27)26(18)17-20-13-15-23(16-14-20)28-19(2)21-9-5-3-6-10-21/h3-16,18-19,24H,17H2,1-2H3/t18-,19?,24-/m0/s1. The van der Waals surface area contributed by atoms with Crippen molar-refractivity contribution < 1.29 is 14.3 Å². The fraction of sp³-hybridized carbons (Fsp3) is 0.240. The first-order valence-corrected chi connectivity index (χ1v) is 9.94. The summed E-state index contributed by atoms with van der Waals surface area (Å²) in [5, 5.41) is 0. The maximum Gasteiger partial charge on any atom is 0.411 e. The molecule has 1 aliphatic rings. The Labute approximate surface area is 171 Å².